The third-order valence-corrected chi connectivity index (χ3v) is 3.02. The zero-order valence-electron chi connectivity index (χ0n) is 16.0. The fourth-order valence-electron chi connectivity index (χ4n) is 2.14. The monoisotopic (exact) mass is 460 g/mol. The normalized spacial score (nSPS) is 8.67. The van der Waals surface area contributed by atoms with Crippen LogP contribution in [0.15, 0.2) is 36.4 Å². The van der Waals surface area contributed by atoms with Gasteiger partial charge >= 0.3 is 41.9 Å². The van der Waals surface area contributed by atoms with E-state index >= 15 is 0 Å². The quantitative estimate of drug-likeness (QED) is 0.448. The first-order chi connectivity index (χ1) is 10.4. The molecule has 2 aromatic carbocycles. The van der Waals surface area contributed by atoms with Crippen LogP contribution in [0, 0.1) is 13.8 Å². The Morgan fingerprint density at radius 1 is 0.833 bits per heavy atom. The van der Waals surface area contributed by atoms with Gasteiger partial charge in [0, 0.05) is 0 Å². The van der Waals surface area contributed by atoms with Crippen molar-refractivity contribution >= 4 is 5.43 Å². The number of aryl methyl sites for hydroxylation is 4. The van der Waals surface area contributed by atoms with Gasteiger partial charge in [-0.15, -0.1) is 0 Å². The molecule has 0 bridgehead atoms. The number of hydrogen-bond donors (Lipinski definition) is 0. The van der Waals surface area contributed by atoms with Gasteiger partial charge < -0.3 is 24.8 Å². The summed E-state index contributed by atoms with van der Waals surface area (Å²) in [6.45, 7) is 13.3. The maximum absolute atomic E-state index is 2.31. The van der Waals surface area contributed by atoms with Gasteiger partial charge in [-0.1, -0.05) is 53.4 Å². The molecule has 24 heavy (non-hydrogen) atoms. The molecule has 0 saturated heterocycles. The first kappa shape index (κ1) is 29.2. The van der Waals surface area contributed by atoms with Crippen molar-refractivity contribution in [1.82, 2.24) is 0 Å². The molecule has 0 unspecified atom stereocenters. The predicted octanol–water partition coefficient (Wildman–Crippen LogP) is 0.125. The molecular formula is C20H32Cl2SiZr-2. The molecule has 0 aliphatic rings. The van der Waals surface area contributed by atoms with Gasteiger partial charge in [0.1, 0.15) is 0 Å². The van der Waals surface area contributed by atoms with Crippen molar-refractivity contribution in [2.24, 2.45) is 0 Å². The minimum atomic E-state index is 0. The second-order valence-corrected chi connectivity index (χ2v) is 15.5. The minimum absolute atomic E-state index is 0. The van der Waals surface area contributed by atoms with Gasteiger partial charge in [0.25, 0.3) is 0 Å². The molecule has 0 saturated carbocycles. The van der Waals surface area contributed by atoms with E-state index in [4.69, 9.17) is 0 Å². The first-order valence-electron chi connectivity index (χ1n) is 8.35. The third-order valence-electron chi connectivity index (χ3n) is 3.02. The standard InChI is InChI=1S/2C9H13.C2H6Si.2ClH.Zr/c2*1-3-4-9-6-5-8(2)7-9;1-3-2;;;/h2*5-7H,3-4H2,1-2H3;1-2H3;2*1H;/q2*-1;;;;+2/p-2. The Balaban J connectivity index is -0.000000283. The summed E-state index contributed by atoms with van der Waals surface area (Å²) in [6.07, 6.45) is 4.97. The summed E-state index contributed by atoms with van der Waals surface area (Å²) in [5, 5.41) is 0. The molecule has 0 spiro atoms. The maximum Gasteiger partial charge on any atom is -1.00 e. The average Bonchev–Trinajstić information content (AvgIpc) is 3.00. The Morgan fingerprint density at radius 2 is 1.12 bits per heavy atom. The Morgan fingerprint density at radius 3 is 1.29 bits per heavy atom. The summed E-state index contributed by atoms with van der Waals surface area (Å²) in [7, 11) is 0. The van der Waals surface area contributed by atoms with Crippen molar-refractivity contribution in [3.05, 3.63) is 58.7 Å². The largest absolute Gasteiger partial charge is 1.00 e. The summed E-state index contributed by atoms with van der Waals surface area (Å²) in [6, 6.07) is 13.3. The molecule has 0 amide bonds. The second-order valence-electron chi connectivity index (χ2n) is 6.09. The molecule has 2 aromatic rings. The van der Waals surface area contributed by atoms with E-state index in [0.717, 1.165) is 0 Å². The van der Waals surface area contributed by atoms with E-state index in [1.165, 1.54) is 47.9 Å². The molecule has 0 radical (unpaired) electrons. The minimum Gasteiger partial charge on any atom is -1.00 e. The van der Waals surface area contributed by atoms with Gasteiger partial charge in [-0.05, 0) is 0 Å². The Kier molecular flexibility index (Phi) is 22.1. The van der Waals surface area contributed by atoms with E-state index in [1.807, 2.05) is 0 Å². The molecule has 0 heterocycles. The van der Waals surface area contributed by atoms with E-state index in [9.17, 15) is 0 Å². The molecular weight excluding hydrogens is 430 g/mol. The Hall–Kier alpha value is 0.380. The van der Waals surface area contributed by atoms with Crippen molar-refractivity contribution < 1.29 is 48.1 Å². The summed E-state index contributed by atoms with van der Waals surface area (Å²) < 4.78 is 0. The van der Waals surface area contributed by atoms with Crippen LogP contribution in [-0.2, 0) is 36.2 Å². The smallest absolute Gasteiger partial charge is 1.00 e. The van der Waals surface area contributed by atoms with Crippen LogP contribution in [0.2, 0.25) is 13.1 Å². The fraction of sp³-hybridized carbons (Fsp3) is 0.500. The van der Waals surface area contributed by atoms with E-state index < -0.39 is 0 Å². The fourth-order valence-corrected chi connectivity index (χ4v) is 2.14. The summed E-state index contributed by atoms with van der Waals surface area (Å²) in [4.78, 5) is 0. The van der Waals surface area contributed by atoms with Gasteiger partial charge in [0.15, 0.2) is 0 Å². The SMILES string of the molecule is CCCc1cc(C)c[cH-]1.CCCc1cc(C)c[cH-]1.C[Si](C)=[Zr+2].[Cl-].[Cl-]. The van der Waals surface area contributed by atoms with Crippen LogP contribution in [-0.4, -0.2) is 5.43 Å². The zero-order chi connectivity index (χ0) is 17.0. The molecule has 0 N–H and O–H groups in total. The van der Waals surface area contributed by atoms with Crippen LogP contribution in [0.25, 0.3) is 0 Å². The molecule has 0 aliphatic carbocycles. The Bertz CT molecular complexity index is 483. The van der Waals surface area contributed by atoms with Gasteiger partial charge in [0.2, 0.25) is 0 Å². The summed E-state index contributed by atoms with van der Waals surface area (Å²) in [5.41, 5.74) is 5.95. The average molecular weight is 463 g/mol. The number of halogens is 2. The first-order valence-corrected chi connectivity index (χ1v) is 14.5. The van der Waals surface area contributed by atoms with Crippen LogP contribution < -0.4 is 24.8 Å². The number of rotatable bonds is 4. The van der Waals surface area contributed by atoms with Gasteiger partial charge in [-0.2, -0.15) is 35.4 Å². The van der Waals surface area contributed by atoms with Crippen LogP contribution in [0.1, 0.15) is 48.9 Å². The van der Waals surface area contributed by atoms with Crippen LogP contribution in [0.3, 0.4) is 0 Å². The van der Waals surface area contributed by atoms with Gasteiger partial charge in [-0.3, -0.25) is 0 Å². The molecule has 0 atom stereocenters. The summed E-state index contributed by atoms with van der Waals surface area (Å²) >= 11 is 1.74. The molecule has 0 fully saturated rings. The van der Waals surface area contributed by atoms with E-state index in [1.54, 1.807) is 23.3 Å². The molecule has 136 valence electrons. The molecule has 0 aromatic heterocycles. The van der Waals surface area contributed by atoms with Crippen molar-refractivity contribution in [1.29, 1.82) is 0 Å². The van der Waals surface area contributed by atoms with Crippen LogP contribution in [0.5, 0.6) is 0 Å². The maximum atomic E-state index is 2.31. The predicted molar refractivity (Wildman–Crippen MR) is 99.0 cm³/mol. The van der Waals surface area contributed by atoms with E-state index in [0.29, 0.717) is 0 Å². The van der Waals surface area contributed by atoms with Crippen molar-refractivity contribution in [3.8, 4) is 0 Å². The number of hydrogen-bond acceptors (Lipinski definition) is 0. The van der Waals surface area contributed by atoms with E-state index in [-0.39, 0.29) is 30.2 Å². The molecule has 2 rings (SSSR count). The van der Waals surface area contributed by atoms with Crippen LogP contribution in [0.4, 0.5) is 0 Å². The molecule has 0 aliphatic heterocycles. The van der Waals surface area contributed by atoms with E-state index in [2.05, 4.69) is 77.2 Å². The van der Waals surface area contributed by atoms with Gasteiger partial charge in [-0.25, -0.2) is 23.3 Å². The topological polar surface area (TPSA) is 0 Å². The Labute approximate surface area is 177 Å². The van der Waals surface area contributed by atoms with Crippen molar-refractivity contribution in [2.45, 2.75) is 66.5 Å². The third kappa shape index (κ3) is 17.2. The second kappa shape index (κ2) is 18.2. The molecule has 4 heteroatoms. The van der Waals surface area contributed by atoms with Crippen molar-refractivity contribution in [3.63, 3.8) is 0 Å². The van der Waals surface area contributed by atoms with Crippen LogP contribution >= 0.6 is 0 Å². The molecule has 0 nitrogen and oxygen atoms in total. The van der Waals surface area contributed by atoms with Gasteiger partial charge in [0.05, 0.1) is 0 Å². The summed E-state index contributed by atoms with van der Waals surface area (Å²) in [5.74, 6) is 0. The zero-order valence-corrected chi connectivity index (χ0v) is 21.0. The van der Waals surface area contributed by atoms with Crippen molar-refractivity contribution in [2.75, 3.05) is 0 Å².